The summed E-state index contributed by atoms with van der Waals surface area (Å²) in [6.45, 7) is 1.95. The summed E-state index contributed by atoms with van der Waals surface area (Å²) in [6.07, 6.45) is -0.890. The minimum atomic E-state index is -4.58. The second-order valence-corrected chi connectivity index (χ2v) is 12.5. The third-order valence-corrected chi connectivity index (χ3v) is 9.33. The molecule has 1 unspecified atom stereocenters. The summed E-state index contributed by atoms with van der Waals surface area (Å²) in [5, 5.41) is 4.99. The Morgan fingerprint density at radius 1 is 0.939 bits per heavy atom. The first-order chi connectivity index (χ1) is 23.4. The number of pyridine rings is 1. The summed E-state index contributed by atoms with van der Waals surface area (Å²) in [4.78, 5) is 52.2. The van der Waals surface area contributed by atoms with E-state index in [1.807, 2.05) is 24.3 Å². The van der Waals surface area contributed by atoms with Crippen LogP contribution in [0.4, 0.5) is 29.3 Å². The van der Waals surface area contributed by atoms with E-state index in [-0.39, 0.29) is 37.1 Å². The number of benzene rings is 2. The molecule has 14 heteroatoms. The first-order valence-corrected chi connectivity index (χ1v) is 15.9. The highest BCUT2D eigenvalue weighted by molar-refractivity contribution is 6.05. The number of nitrogens with zero attached hydrogens (tertiary/aromatic N) is 5. The van der Waals surface area contributed by atoms with E-state index in [1.54, 1.807) is 36.5 Å². The van der Waals surface area contributed by atoms with Crippen LogP contribution in [-0.4, -0.2) is 61.6 Å². The monoisotopic (exact) mass is 673 g/mol. The molecule has 3 aliphatic heterocycles. The summed E-state index contributed by atoms with van der Waals surface area (Å²) in [6, 6.07) is 16.5. The Balaban J connectivity index is 0.935. The number of alkyl halides is 4. The highest BCUT2D eigenvalue weighted by Gasteiger charge is 2.41. The third kappa shape index (κ3) is 6.73. The molecule has 2 N–H and O–H groups in total. The highest BCUT2D eigenvalue weighted by Crippen LogP contribution is 2.40. The number of carbonyl (C=O) groups is 3. The maximum absolute atomic E-state index is 16.3. The number of likely N-dealkylation sites (tertiary alicyclic amines) is 1. The average Bonchev–Trinajstić information content (AvgIpc) is 3.41. The van der Waals surface area contributed by atoms with E-state index in [2.05, 4.69) is 30.5 Å². The molecule has 252 valence electrons. The summed E-state index contributed by atoms with van der Waals surface area (Å²) in [5.74, 6) is -1.00. The molecular formula is C35H31F4N7O3. The van der Waals surface area contributed by atoms with E-state index in [9.17, 15) is 27.6 Å². The van der Waals surface area contributed by atoms with Crippen LogP contribution in [0.25, 0.3) is 11.1 Å². The Bertz CT molecular complexity index is 1910. The molecule has 10 nitrogen and oxygen atoms in total. The number of amides is 3. The molecule has 4 aromatic rings. The van der Waals surface area contributed by atoms with Crippen LogP contribution in [-0.2, 0) is 34.5 Å². The minimum Gasteiger partial charge on any atom is -0.322 e. The molecule has 0 bridgehead atoms. The van der Waals surface area contributed by atoms with Gasteiger partial charge in [0.1, 0.15) is 23.2 Å². The summed E-state index contributed by atoms with van der Waals surface area (Å²) in [7, 11) is 0. The molecule has 0 radical (unpaired) electrons. The van der Waals surface area contributed by atoms with Gasteiger partial charge in [-0.15, -0.1) is 0 Å². The highest BCUT2D eigenvalue weighted by atomic mass is 19.4. The van der Waals surface area contributed by atoms with E-state index >= 15 is 4.39 Å². The predicted molar refractivity (Wildman–Crippen MR) is 170 cm³/mol. The Morgan fingerprint density at radius 3 is 2.39 bits per heavy atom. The Morgan fingerprint density at radius 2 is 1.69 bits per heavy atom. The van der Waals surface area contributed by atoms with Crippen molar-refractivity contribution in [3.63, 3.8) is 0 Å². The van der Waals surface area contributed by atoms with Gasteiger partial charge in [0.15, 0.2) is 0 Å². The number of hydrogen-bond acceptors (Lipinski definition) is 8. The molecule has 1 atom stereocenters. The van der Waals surface area contributed by atoms with Gasteiger partial charge in [-0.25, -0.2) is 19.3 Å². The van der Waals surface area contributed by atoms with Gasteiger partial charge in [0, 0.05) is 56.1 Å². The van der Waals surface area contributed by atoms with Crippen LogP contribution in [0, 0.1) is 0 Å². The van der Waals surface area contributed by atoms with E-state index in [4.69, 9.17) is 0 Å². The fraction of sp³-hybridized carbons (Fsp3) is 0.314. The number of nitrogens with one attached hydrogen (secondary N) is 2. The normalized spacial score (nSPS) is 19.5. The first kappa shape index (κ1) is 32.3. The van der Waals surface area contributed by atoms with Crippen LogP contribution in [0.3, 0.4) is 0 Å². The number of fused-ring (bicyclic) bond motifs is 1. The number of imide groups is 1. The van der Waals surface area contributed by atoms with Gasteiger partial charge in [0.2, 0.25) is 17.8 Å². The molecule has 2 fully saturated rings. The van der Waals surface area contributed by atoms with Crippen molar-refractivity contribution in [2.24, 2.45) is 0 Å². The number of rotatable bonds is 7. The van der Waals surface area contributed by atoms with Crippen molar-refractivity contribution in [1.82, 2.24) is 30.1 Å². The van der Waals surface area contributed by atoms with Crippen molar-refractivity contribution in [3.8, 4) is 11.1 Å². The SMILES string of the molecule is O=C1CCC(N2Cc3cc(C4(F)CCN(Cc5ccc(-c6ccc(Nc7nccc(C(F)(F)F)n7)nc6)cc5)CC4)ccc3C2=O)C(=O)N1. The molecule has 7 rings (SSSR count). The maximum atomic E-state index is 16.3. The quantitative estimate of drug-likeness (QED) is 0.194. The average molecular weight is 674 g/mol. The molecular weight excluding hydrogens is 642 g/mol. The molecule has 0 aliphatic carbocycles. The number of aromatic nitrogens is 3. The van der Waals surface area contributed by atoms with Crippen molar-refractivity contribution in [2.45, 2.75) is 56.7 Å². The van der Waals surface area contributed by atoms with Gasteiger partial charge in [0.25, 0.3) is 5.91 Å². The largest absolute Gasteiger partial charge is 0.433 e. The summed E-state index contributed by atoms with van der Waals surface area (Å²) >= 11 is 0. The van der Waals surface area contributed by atoms with Gasteiger partial charge >= 0.3 is 6.18 Å². The number of piperidine rings is 2. The number of hydrogen-bond donors (Lipinski definition) is 2. The van der Waals surface area contributed by atoms with E-state index in [0.29, 0.717) is 55.0 Å². The van der Waals surface area contributed by atoms with Crippen LogP contribution in [0.2, 0.25) is 0 Å². The number of carbonyl (C=O) groups excluding carboxylic acids is 3. The van der Waals surface area contributed by atoms with Gasteiger partial charge < -0.3 is 10.2 Å². The van der Waals surface area contributed by atoms with Crippen molar-refractivity contribution < 1.29 is 31.9 Å². The van der Waals surface area contributed by atoms with Crippen LogP contribution >= 0.6 is 0 Å². The molecule has 3 aliphatic rings. The fourth-order valence-corrected chi connectivity index (χ4v) is 6.60. The van der Waals surface area contributed by atoms with Crippen molar-refractivity contribution >= 4 is 29.5 Å². The van der Waals surface area contributed by atoms with E-state index < -0.39 is 29.5 Å². The molecule has 2 saturated heterocycles. The molecule has 5 heterocycles. The van der Waals surface area contributed by atoms with Crippen molar-refractivity contribution in [2.75, 3.05) is 18.4 Å². The Hall–Kier alpha value is -5.24. The summed E-state index contributed by atoms with van der Waals surface area (Å²) in [5.41, 5.74) is 1.89. The molecule has 0 saturated carbocycles. The van der Waals surface area contributed by atoms with E-state index in [0.717, 1.165) is 29.0 Å². The second kappa shape index (κ2) is 12.7. The van der Waals surface area contributed by atoms with Gasteiger partial charge in [-0.05, 0) is 65.8 Å². The number of anilines is 2. The third-order valence-electron chi connectivity index (χ3n) is 9.33. The lowest BCUT2D eigenvalue weighted by Crippen LogP contribution is -2.52. The van der Waals surface area contributed by atoms with Crippen LogP contribution in [0.1, 0.15) is 58.4 Å². The van der Waals surface area contributed by atoms with Crippen LogP contribution < -0.4 is 10.6 Å². The molecule has 2 aromatic heterocycles. The first-order valence-electron chi connectivity index (χ1n) is 15.9. The lowest BCUT2D eigenvalue weighted by molar-refractivity contribution is -0.141. The van der Waals surface area contributed by atoms with E-state index in [1.165, 1.54) is 4.90 Å². The zero-order chi connectivity index (χ0) is 34.3. The van der Waals surface area contributed by atoms with Gasteiger partial charge in [-0.1, -0.05) is 36.4 Å². The lowest BCUT2D eigenvalue weighted by atomic mass is 9.84. The standard InChI is InChI=1S/C35H31F4N7O3/c36-34(25-6-7-26-24(17-25)20-46(32(26)49)27-8-10-30(47)44-31(27)48)12-15-45(16-13-34)19-21-1-3-22(4-2-21)23-5-9-29(41-18-23)43-33-40-14-11-28(42-33)35(37,38)39/h1-7,9,11,14,17-18,27H,8,10,12-13,15-16,19-20H2,(H,44,47,48)(H,40,41,42,43). The fourth-order valence-electron chi connectivity index (χ4n) is 6.60. The zero-order valence-electron chi connectivity index (χ0n) is 26.1. The van der Waals surface area contributed by atoms with Gasteiger partial charge in [-0.2, -0.15) is 13.2 Å². The Labute approximate surface area is 278 Å². The Kier molecular flexibility index (Phi) is 8.35. The minimum absolute atomic E-state index is 0.174. The van der Waals surface area contributed by atoms with Gasteiger partial charge in [-0.3, -0.25) is 24.6 Å². The van der Waals surface area contributed by atoms with Gasteiger partial charge in [0.05, 0.1) is 0 Å². The molecule has 49 heavy (non-hydrogen) atoms. The van der Waals surface area contributed by atoms with Crippen molar-refractivity contribution in [1.29, 1.82) is 0 Å². The zero-order valence-corrected chi connectivity index (χ0v) is 26.1. The summed E-state index contributed by atoms with van der Waals surface area (Å²) < 4.78 is 55.1. The van der Waals surface area contributed by atoms with Crippen molar-refractivity contribution in [3.05, 3.63) is 101 Å². The number of halogens is 4. The topological polar surface area (TPSA) is 120 Å². The molecule has 0 spiro atoms. The lowest BCUT2D eigenvalue weighted by Gasteiger charge is -2.37. The van der Waals surface area contributed by atoms with Crippen LogP contribution in [0.5, 0.6) is 0 Å². The molecule has 3 amide bonds. The predicted octanol–water partition coefficient (Wildman–Crippen LogP) is 5.52. The molecule has 2 aromatic carbocycles. The maximum Gasteiger partial charge on any atom is 0.433 e. The smallest absolute Gasteiger partial charge is 0.322 e. The van der Waals surface area contributed by atoms with Crippen LogP contribution in [0.15, 0.2) is 73.1 Å². The second-order valence-electron chi connectivity index (χ2n) is 12.5.